The lowest BCUT2D eigenvalue weighted by Gasteiger charge is -2.20. The highest BCUT2D eigenvalue weighted by Crippen LogP contribution is 2.12. The predicted molar refractivity (Wildman–Crippen MR) is 65.8 cm³/mol. The zero-order valence-electron chi connectivity index (χ0n) is 10.5. The molecule has 4 heteroatoms. The van der Waals surface area contributed by atoms with Crippen molar-refractivity contribution in [2.75, 3.05) is 26.7 Å². The third-order valence-electron chi connectivity index (χ3n) is 3.28. The minimum absolute atomic E-state index is 0.165. The van der Waals surface area contributed by atoms with E-state index in [1.807, 2.05) is 31.0 Å². The van der Waals surface area contributed by atoms with Crippen LogP contribution < -0.4 is 5.32 Å². The summed E-state index contributed by atoms with van der Waals surface area (Å²) in [4.78, 5) is 13.8. The highest BCUT2D eigenvalue weighted by Gasteiger charge is 2.24. The molecule has 0 bridgehead atoms. The molecular weight excluding hydrogens is 216 g/mol. The molecular formula is C13H20N2O2. The van der Waals surface area contributed by atoms with Crippen molar-refractivity contribution in [2.24, 2.45) is 5.92 Å². The summed E-state index contributed by atoms with van der Waals surface area (Å²) in [6.07, 6.45) is 1.75. The second-order valence-electron chi connectivity index (χ2n) is 4.71. The Bertz CT molecular complexity index is 381. The Morgan fingerprint density at radius 1 is 1.59 bits per heavy atom. The van der Waals surface area contributed by atoms with E-state index >= 15 is 0 Å². The first-order valence-corrected chi connectivity index (χ1v) is 6.18. The zero-order chi connectivity index (χ0) is 12.3. The van der Waals surface area contributed by atoms with Crippen molar-refractivity contribution in [1.29, 1.82) is 0 Å². The molecule has 1 N–H and O–H groups in total. The summed E-state index contributed by atoms with van der Waals surface area (Å²) < 4.78 is 5.49. The smallest absolute Gasteiger partial charge is 0.226 e. The molecule has 94 valence electrons. The first-order valence-electron chi connectivity index (χ1n) is 6.18. The largest absolute Gasteiger partial charge is 0.466 e. The number of amides is 1. The first-order chi connectivity index (χ1) is 8.16. The van der Waals surface area contributed by atoms with Crippen LogP contribution in [-0.2, 0) is 11.2 Å². The molecule has 2 rings (SSSR count). The van der Waals surface area contributed by atoms with Gasteiger partial charge in [-0.2, -0.15) is 0 Å². The van der Waals surface area contributed by atoms with Crippen LogP contribution in [0, 0.1) is 12.8 Å². The monoisotopic (exact) mass is 236 g/mol. The number of aryl methyl sites for hydroxylation is 1. The summed E-state index contributed by atoms with van der Waals surface area (Å²) >= 11 is 0. The molecule has 0 aliphatic carbocycles. The number of furan rings is 1. The fourth-order valence-corrected chi connectivity index (χ4v) is 2.18. The van der Waals surface area contributed by atoms with Crippen molar-refractivity contribution in [3.8, 4) is 0 Å². The highest BCUT2D eigenvalue weighted by molar-refractivity contribution is 5.79. The van der Waals surface area contributed by atoms with E-state index in [4.69, 9.17) is 4.42 Å². The number of hydrogen-bond donors (Lipinski definition) is 1. The van der Waals surface area contributed by atoms with Crippen molar-refractivity contribution in [3.63, 3.8) is 0 Å². The molecule has 0 spiro atoms. The Kier molecular flexibility index (Phi) is 3.84. The van der Waals surface area contributed by atoms with Gasteiger partial charge in [0.2, 0.25) is 5.91 Å². The fourth-order valence-electron chi connectivity index (χ4n) is 2.18. The Balaban J connectivity index is 1.80. The van der Waals surface area contributed by atoms with Crippen molar-refractivity contribution in [3.05, 3.63) is 23.7 Å². The summed E-state index contributed by atoms with van der Waals surface area (Å²) in [6, 6.07) is 3.93. The minimum Gasteiger partial charge on any atom is -0.466 e. The lowest BCUT2D eigenvalue weighted by molar-refractivity contribution is -0.133. The molecule has 1 aliphatic rings. The van der Waals surface area contributed by atoms with Crippen LogP contribution in [0.4, 0.5) is 0 Å². The van der Waals surface area contributed by atoms with E-state index in [9.17, 15) is 4.79 Å². The summed E-state index contributed by atoms with van der Waals surface area (Å²) in [5, 5.41) is 3.22. The number of rotatable bonds is 4. The number of hydrogen-bond acceptors (Lipinski definition) is 3. The molecule has 1 amide bonds. The SMILES string of the molecule is Cc1ccc(CCN(C)C(=O)C2CCNC2)o1. The Morgan fingerprint density at radius 3 is 3.00 bits per heavy atom. The summed E-state index contributed by atoms with van der Waals surface area (Å²) in [5.74, 6) is 2.29. The Hall–Kier alpha value is -1.29. The molecule has 0 radical (unpaired) electrons. The average molecular weight is 236 g/mol. The normalized spacial score (nSPS) is 19.5. The van der Waals surface area contributed by atoms with E-state index < -0.39 is 0 Å². The van der Waals surface area contributed by atoms with Crippen LogP contribution in [0.1, 0.15) is 17.9 Å². The quantitative estimate of drug-likeness (QED) is 0.854. The molecule has 1 unspecified atom stereocenters. The Morgan fingerprint density at radius 2 is 2.41 bits per heavy atom. The van der Waals surface area contributed by atoms with Gasteiger partial charge in [0.1, 0.15) is 11.5 Å². The number of likely N-dealkylation sites (N-methyl/N-ethyl adjacent to an activating group) is 1. The summed E-state index contributed by atoms with van der Waals surface area (Å²) in [6.45, 7) is 4.44. The molecule has 1 fully saturated rings. The van der Waals surface area contributed by atoms with Crippen LogP contribution in [0.25, 0.3) is 0 Å². The van der Waals surface area contributed by atoms with Gasteiger partial charge in [-0.1, -0.05) is 0 Å². The fraction of sp³-hybridized carbons (Fsp3) is 0.615. The van der Waals surface area contributed by atoms with E-state index in [1.54, 1.807) is 0 Å². The molecule has 1 atom stereocenters. The van der Waals surface area contributed by atoms with Crippen LogP contribution in [0.5, 0.6) is 0 Å². The third-order valence-corrected chi connectivity index (χ3v) is 3.28. The maximum absolute atomic E-state index is 12.0. The molecule has 1 saturated heterocycles. The van der Waals surface area contributed by atoms with Gasteiger partial charge >= 0.3 is 0 Å². The van der Waals surface area contributed by atoms with Crippen LogP contribution in [-0.4, -0.2) is 37.5 Å². The highest BCUT2D eigenvalue weighted by atomic mass is 16.3. The number of carbonyl (C=O) groups excluding carboxylic acids is 1. The summed E-state index contributed by atoms with van der Waals surface area (Å²) in [7, 11) is 1.87. The van der Waals surface area contributed by atoms with Gasteiger partial charge < -0.3 is 14.6 Å². The molecule has 1 aromatic rings. The number of nitrogens with zero attached hydrogens (tertiary/aromatic N) is 1. The Labute approximate surface area is 102 Å². The van der Waals surface area contributed by atoms with E-state index in [2.05, 4.69) is 5.32 Å². The standard InChI is InChI=1S/C13H20N2O2/c1-10-3-4-12(17-10)6-8-15(2)13(16)11-5-7-14-9-11/h3-4,11,14H,5-9H2,1-2H3. The molecule has 1 aliphatic heterocycles. The topological polar surface area (TPSA) is 45.5 Å². The second kappa shape index (κ2) is 5.36. The lowest BCUT2D eigenvalue weighted by Crippen LogP contribution is -2.35. The van der Waals surface area contributed by atoms with E-state index in [-0.39, 0.29) is 11.8 Å². The van der Waals surface area contributed by atoms with Gasteiger partial charge in [0.15, 0.2) is 0 Å². The van der Waals surface area contributed by atoms with Crippen LogP contribution >= 0.6 is 0 Å². The molecule has 1 aromatic heterocycles. The lowest BCUT2D eigenvalue weighted by atomic mass is 10.1. The van der Waals surface area contributed by atoms with Gasteiger partial charge in [-0.25, -0.2) is 0 Å². The maximum atomic E-state index is 12.0. The van der Waals surface area contributed by atoms with Gasteiger partial charge in [0, 0.05) is 26.6 Å². The maximum Gasteiger partial charge on any atom is 0.226 e. The van der Waals surface area contributed by atoms with Crippen molar-refractivity contribution < 1.29 is 9.21 Å². The van der Waals surface area contributed by atoms with Crippen molar-refractivity contribution >= 4 is 5.91 Å². The van der Waals surface area contributed by atoms with E-state index in [1.165, 1.54) is 0 Å². The molecule has 2 heterocycles. The first kappa shape index (κ1) is 12.2. The third kappa shape index (κ3) is 3.09. The molecule has 0 aromatic carbocycles. The van der Waals surface area contributed by atoms with Crippen LogP contribution in [0.15, 0.2) is 16.5 Å². The van der Waals surface area contributed by atoms with Crippen molar-refractivity contribution in [1.82, 2.24) is 10.2 Å². The minimum atomic E-state index is 0.165. The average Bonchev–Trinajstić information content (AvgIpc) is 2.95. The van der Waals surface area contributed by atoms with E-state index in [0.29, 0.717) is 0 Å². The van der Waals surface area contributed by atoms with Gasteiger partial charge in [-0.05, 0) is 32.0 Å². The predicted octanol–water partition coefficient (Wildman–Crippen LogP) is 1.20. The van der Waals surface area contributed by atoms with Crippen LogP contribution in [0.3, 0.4) is 0 Å². The molecule has 17 heavy (non-hydrogen) atoms. The molecule has 4 nitrogen and oxygen atoms in total. The van der Waals surface area contributed by atoms with Crippen molar-refractivity contribution in [2.45, 2.75) is 19.8 Å². The second-order valence-corrected chi connectivity index (χ2v) is 4.71. The van der Waals surface area contributed by atoms with Gasteiger partial charge in [0.25, 0.3) is 0 Å². The number of nitrogens with one attached hydrogen (secondary N) is 1. The van der Waals surface area contributed by atoms with Gasteiger partial charge in [0.05, 0.1) is 5.92 Å². The van der Waals surface area contributed by atoms with Crippen LogP contribution in [0.2, 0.25) is 0 Å². The van der Waals surface area contributed by atoms with E-state index in [0.717, 1.165) is 44.0 Å². The number of carbonyl (C=O) groups is 1. The molecule has 0 saturated carbocycles. The summed E-state index contributed by atoms with van der Waals surface area (Å²) in [5.41, 5.74) is 0. The van der Waals surface area contributed by atoms with Gasteiger partial charge in [-0.15, -0.1) is 0 Å². The zero-order valence-corrected chi connectivity index (χ0v) is 10.5. The van der Waals surface area contributed by atoms with Gasteiger partial charge in [-0.3, -0.25) is 4.79 Å².